The molecule has 0 aliphatic rings. The Morgan fingerprint density at radius 1 is 1.26 bits per heavy atom. The molecular weight excluding hydrogens is 267 g/mol. The highest BCUT2D eigenvalue weighted by Gasteiger charge is 2.02. The third-order valence-corrected chi connectivity index (χ3v) is 3.01. The Hall–Kier alpha value is -2.14. The summed E-state index contributed by atoms with van der Waals surface area (Å²) in [6.07, 6.45) is 3.51. The average Bonchev–Trinajstić information content (AvgIpc) is 2.87. The van der Waals surface area contributed by atoms with Crippen LogP contribution in [0.4, 0.5) is 10.2 Å². The Balaban J connectivity index is 1.75. The predicted molar refractivity (Wildman–Crippen MR) is 71.7 cm³/mol. The van der Waals surface area contributed by atoms with E-state index in [1.165, 1.54) is 6.07 Å². The molecule has 0 spiro atoms. The van der Waals surface area contributed by atoms with Gasteiger partial charge in [0.1, 0.15) is 11.6 Å². The van der Waals surface area contributed by atoms with E-state index in [0.29, 0.717) is 6.54 Å². The maximum absolute atomic E-state index is 13.0. The highest BCUT2D eigenvalue weighted by molar-refractivity contribution is 6.30. The first-order chi connectivity index (χ1) is 9.22. The number of anilines is 1. The van der Waals surface area contributed by atoms with Crippen molar-refractivity contribution in [1.82, 2.24) is 14.6 Å². The van der Waals surface area contributed by atoms with Crippen molar-refractivity contribution in [2.45, 2.75) is 6.54 Å². The lowest BCUT2D eigenvalue weighted by molar-refractivity contribution is 0.627. The number of nitrogens with zero attached hydrogens (tertiary/aromatic N) is 3. The summed E-state index contributed by atoms with van der Waals surface area (Å²) < 4.78 is 14.7. The summed E-state index contributed by atoms with van der Waals surface area (Å²) in [5, 5.41) is 7.35. The van der Waals surface area contributed by atoms with Gasteiger partial charge in [-0.3, -0.25) is 0 Å². The highest BCUT2D eigenvalue weighted by Crippen LogP contribution is 2.17. The molecule has 3 rings (SSSR count). The molecule has 19 heavy (non-hydrogen) atoms. The summed E-state index contributed by atoms with van der Waals surface area (Å²) in [5.41, 5.74) is 1.66. The number of rotatable bonds is 3. The van der Waals surface area contributed by atoms with Gasteiger partial charge in [0.15, 0.2) is 5.65 Å². The Morgan fingerprint density at radius 2 is 2.16 bits per heavy atom. The first kappa shape index (κ1) is 11.9. The number of fused-ring (bicyclic) bond motifs is 1. The molecule has 96 valence electrons. The minimum absolute atomic E-state index is 0.124. The summed E-state index contributed by atoms with van der Waals surface area (Å²) >= 11 is 5.73. The number of hydrogen-bond acceptors (Lipinski definition) is 3. The van der Waals surface area contributed by atoms with Gasteiger partial charge in [0.25, 0.3) is 0 Å². The van der Waals surface area contributed by atoms with Gasteiger partial charge in [-0.25, -0.2) is 13.9 Å². The van der Waals surface area contributed by atoms with Crippen LogP contribution in [-0.4, -0.2) is 14.6 Å². The lowest BCUT2D eigenvalue weighted by Gasteiger charge is -2.06. The molecule has 0 radical (unpaired) electrons. The molecule has 0 amide bonds. The quantitative estimate of drug-likeness (QED) is 0.799. The summed E-state index contributed by atoms with van der Waals surface area (Å²) in [6, 6.07) is 8.28. The van der Waals surface area contributed by atoms with Crippen molar-refractivity contribution in [3.05, 3.63) is 59.1 Å². The molecule has 0 aliphatic carbocycles. The third kappa shape index (κ3) is 2.51. The molecule has 0 unspecified atom stereocenters. The van der Waals surface area contributed by atoms with Crippen LogP contribution in [0.5, 0.6) is 0 Å². The zero-order valence-corrected chi connectivity index (χ0v) is 10.6. The maximum Gasteiger partial charge on any atom is 0.157 e. The van der Waals surface area contributed by atoms with Crippen molar-refractivity contribution in [3.8, 4) is 0 Å². The molecule has 4 nitrogen and oxygen atoms in total. The van der Waals surface area contributed by atoms with Crippen molar-refractivity contribution in [1.29, 1.82) is 0 Å². The third-order valence-electron chi connectivity index (χ3n) is 2.72. The summed E-state index contributed by atoms with van der Waals surface area (Å²) in [7, 11) is 0. The Morgan fingerprint density at radius 3 is 3.00 bits per heavy atom. The predicted octanol–water partition coefficient (Wildman–Crippen LogP) is 3.13. The van der Waals surface area contributed by atoms with Crippen LogP contribution in [0.15, 0.2) is 42.7 Å². The van der Waals surface area contributed by atoms with Crippen molar-refractivity contribution in [2.75, 3.05) is 5.32 Å². The zero-order valence-electron chi connectivity index (χ0n) is 9.85. The second-order valence-corrected chi connectivity index (χ2v) is 4.46. The summed E-state index contributed by atoms with van der Waals surface area (Å²) in [5.74, 6) is 0.317. The second-order valence-electron chi connectivity index (χ2n) is 4.05. The van der Waals surface area contributed by atoms with Crippen molar-refractivity contribution < 1.29 is 4.39 Å². The van der Waals surface area contributed by atoms with Crippen LogP contribution in [0.1, 0.15) is 5.56 Å². The largest absolute Gasteiger partial charge is 0.366 e. The van der Waals surface area contributed by atoms with E-state index in [9.17, 15) is 4.39 Å². The van der Waals surface area contributed by atoms with E-state index >= 15 is 0 Å². The minimum atomic E-state index is -0.413. The SMILES string of the molecule is Fc1ccc(CNc2ccn3nccc3n2)cc1Cl. The molecule has 3 aromatic rings. The smallest absolute Gasteiger partial charge is 0.157 e. The lowest BCUT2D eigenvalue weighted by Crippen LogP contribution is -2.02. The van der Waals surface area contributed by atoms with Crippen molar-refractivity contribution in [2.24, 2.45) is 0 Å². The highest BCUT2D eigenvalue weighted by atomic mass is 35.5. The number of halogens is 2. The fourth-order valence-electron chi connectivity index (χ4n) is 1.75. The van der Waals surface area contributed by atoms with E-state index in [1.54, 1.807) is 22.8 Å². The van der Waals surface area contributed by atoms with Crippen LogP contribution in [-0.2, 0) is 6.54 Å². The molecule has 2 heterocycles. The number of nitrogens with one attached hydrogen (secondary N) is 1. The Kier molecular flexibility index (Phi) is 3.05. The Bertz CT molecular complexity index is 725. The normalized spacial score (nSPS) is 10.8. The van der Waals surface area contributed by atoms with Crippen molar-refractivity contribution >= 4 is 23.1 Å². The molecule has 0 atom stereocenters. The maximum atomic E-state index is 13.0. The van der Waals surface area contributed by atoms with Gasteiger partial charge in [0, 0.05) is 18.8 Å². The number of benzene rings is 1. The van der Waals surface area contributed by atoms with Gasteiger partial charge in [-0.1, -0.05) is 17.7 Å². The molecule has 0 bridgehead atoms. The van der Waals surface area contributed by atoms with Gasteiger partial charge in [-0.05, 0) is 23.8 Å². The monoisotopic (exact) mass is 276 g/mol. The molecule has 6 heteroatoms. The molecule has 2 aromatic heterocycles. The van der Waals surface area contributed by atoms with Gasteiger partial charge >= 0.3 is 0 Å². The second kappa shape index (κ2) is 4.85. The standard InChI is InChI=1S/C13H10ClFN4/c14-10-7-9(1-2-11(10)15)8-16-12-4-6-19-13(18-12)3-5-17-19/h1-7H,8H2,(H,16,18). The van der Waals surface area contributed by atoms with E-state index in [1.807, 2.05) is 18.3 Å². The molecule has 0 fully saturated rings. The summed E-state index contributed by atoms with van der Waals surface area (Å²) in [4.78, 5) is 4.37. The van der Waals surface area contributed by atoms with Crippen LogP contribution in [0.2, 0.25) is 5.02 Å². The van der Waals surface area contributed by atoms with E-state index in [-0.39, 0.29) is 5.02 Å². The average molecular weight is 277 g/mol. The van der Waals surface area contributed by atoms with E-state index < -0.39 is 5.82 Å². The molecular formula is C13H10ClFN4. The lowest BCUT2D eigenvalue weighted by atomic mass is 10.2. The molecule has 0 saturated heterocycles. The Labute approximate surface area is 113 Å². The van der Waals surface area contributed by atoms with Gasteiger partial charge in [-0.15, -0.1) is 0 Å². The van der Waals surface area contributed by atoms with E-state index in [4.69, 9.17) is 11.6 Å². The zero-order chi connectivity index (χ0) is 13.2. The topological polar surface area (TPSA) is 42.2 Å². The first-order valence-electron chi connectivity index (χ1n) is 5.70. The van der Waals surface area contributed by atoms with E-state index in [0.717, 1.165) is 17.0 Å². The van der Waals surface area contributed by atoms with Crippen LogP contribution in [0.25, 0.3) is 5.65 Å². The number of hydrogen-bond donors (Lipinski definition) is 1. The molecule has 0 aliphatic heterocycles. The van der Waals surface area contributed by atoms with Crippen LogP contribution in [0, 0.1) is 5.82 Å². The van der Waals surface area contributed by atoms with Gasteiger partial charge in [-0.2, -0.15) is 5.10 Å². The van der Waals surface area contributed by atoms with Crippen LogP contribution < -0.4 is 5.32 Å². The fraction of sp³-hybridized carbons (Fsp3) is 0.0769. The van der Waals surface area contributed by atoms with Gasteiger partial charge < -0.3 is 5.32 Å². The summed E-state index contributed by atoms with van der Waals surface area (Å²) in [6.45, 7) is 0.525. The number of aromatic nitrogens is 3. The van der Waals surface area contributed by atoms with Gasteiger partial charge in [0.2, 0.25) is 0 Å². The fourth-order valence-corrected chi connectivity index (χ4v) is 1.96. The first-order valence-corrected chi connectivity index (χ1v) is 6.08. The molecule has 1 aromatic carbocycles. The minimum Gasteiger partial charge on any atom is -0.366 e. The van der Waals surface area contributed by atoms with E-state index in [2.05, 4.69) is 15.4 Å². The van der Waals surface area contributed by atoms with Crippen LogP contribution >= 0.6 is 11.6 Å². The van der Waals surface area contributed by atoms with Gasteiger partial charge in [0.05, 0.1) is 11.2 Å². The molecule has 0 saturated carbocycles. The van der Waals surface area contributed by atoms with Crippen molar-refractivity contribution in [3.63, 3.8) is 0 Å². The molecule has 1 N–H and O–H groups in total. The van der Waals surface area contributed by atoms with Crippen LogP contribution in [0.3, 0.4) is 0 Å².